The lowest BCUT2D eigenvalue weighted by Crippen LogP contribution is -2.53. The Kier molecular flexibility index (Phi) is 1.28. The smallest absolute Gasteiger partial charge is 0.0658 e. The van der Waals surface area contributed by atoms with E-state index in [1.54, 1.807) is 0 Å². The fourth-order valence-corrected chi connectivity index (χ4v) is 3.49. The minimum Gasteiger partial charge on any atom is -0.287 e. The first-order valence-corrected chi connectivity index (χ1v) is 5.75. The van der Waals surface area contributed by atoms with E-state index in [1.807, 2.05) is 0 Å². The van der Waals surface area contributed by atoms with Crippen molar-refractivity contribution in [3.05, 3.63) is 6.42 Å². The van der Waals surface area contributed by atoms with Gasteiger partial charge in [0.2, 0.25) is 0 Å². The zero-order valence-electron chi connectivity index (χ0n) is 8.02. The van der Waals surface area contributed by atoms with Crippen LogP contribution in [0.3, 0.4) is 0 Å². The Bertz CT molecular complexity index is 230. The van der Waals surface area contributed by atoms with Gasteiger partial charge in [-0.25, -0.2) is 0 Å². The van der Waals surface area contributed by atoms with Crippen molar-refractivity contribution in [1.82, 2.24) is 9.80 Å². The van der Waals surface area contributed by atoms with Gasteiger partial charge in [0.05, 0.1) is 6.17 Å². The van der Waals surface area contributed by atoms with Gasteiger partial charge in [-0.3, -0.25) is 9.80 Å². The van der Waals surface area contributed by atoms with E-state index in [9.17, 15) is 0 Å². The molecule has 3 saturated heterocycles. The van der Waals surface area contributed by atoms with Crippen LogP contribution in [0.25, 0.3) is 0 Å². The number of piperidine rings is 1. The van der Waals surface area contributed by atoms with E-state index in [0.717, 1.165) is 24.0 Å². The Labute approximate surface area is 79.9 Å². The maximum Gasteiger partial charge on any atom is 0.0658 e. The standard InChI is InChI=1S/C11H17N2/c1-2-11(13-4-3-10(1)13)12-6-8-5-9(8)7-12/h2,8-11H,1,3-7H2. The molecular weight excluding hydrogens is 160 g/mol. The second-order valence-electron chi connectivity index (χ2n) is 5.28. The summed E-state index contributed by atoms with van der Waals surface area (Å²) in [6, 6.07) is 0.932. The van der Waals surface area contributed by atoms with Crippen LogP contribution in [0.15, 0.2) is 0 Å². The highest BCUT2D eigenvalue weighted by molar-refractivity contribution is 5.08. The molecule has 0 aromatic rings. The van der Waals surface area contributed by atoms with Gasteiger partial charge in [0.25, 0.3) is 0 Å². The maximum absolute atomic E-state index is 2.72. The molecule has 0 N–H and O–H groups in total. The minimum atomic E-state index is 0.742. The highest BCUT2D eigenvalue weighted by Gasteiger charge is 2.50. The highest BCUT2D eigenvalue weighted by Crippen LogP contribution is 2.47. The SMILES string of the molecule is [CH]1CC2CCN2C1N1CC2CC2C1. The Morgan fingerprint density at radius 1 is 1.15 bits per heavy atom. The molecule has 4 atom stereocenters. The van der Waals surface area contributed by atoms with Gasteiger partial charge in [-0.15, -0.1) is 0 Å². The molecule has 4 aliphatic rings. The lowest BCUT2D eigenvalue weighted by Gasteiger charge is -2.42. The molecule has 3 aliphatic heterocycles. The summed E-state index contributed by atoms with van der Waals surface area (Å²) >= 11 is 0. The molecule has 0 bridgehead atoms. The first-order valence-electron chi connectivity index (χ1n) is 5.75. The lowest BCUT2D eigenvalue weighted by atomic mass is 10.1. The van der Waals surface area contributed by atoms with Crippen molar-refractivity contribution in [3.63, 3.8) is 0 Å². The molecule has 13 heavy (non-hydrogen) atoms. The Morgan fingerprint density at radius 2 is 2.00 bits per heavy atom. The molecule has 0 spiro atoms. The van der Waals surface area contributed by atoms with E-state index >= 15 is 0 Å². The predicted molar refractivity (Wildman–Crippen MR) is 51.0 cm³/mol. The summed E-state index contributed by atoms with van der Waals surface area (Å²) in [6.45, 7) is 4.15. The van der Waals surface area contributed by atoms with E-state index in [1.165, 1.54) is 38.9 Å². The Morgan fingerprint density at radius 3 is 2.62 bits per heavy atom. The quantitative estimate of drug-likeness (QED) is 0.588. The number of nitrogens with zero attached hydrogens (tertiary/aromatic N) is 2. The summed E-state index contributed by atoms with van der Waals surface area (Å²) in [7, 11) is 0. The zero-order chi connectivity index (χ0) is 8.41. The molecule has 0 aromatic heterocycles. The molecule has 1 saturated carbocycles. The lowest BCUT2D eigenvalue weighted by molar-refractivity contribution is 0.0183. The van der Waals surface area contributed by atoms with Crippen LogP contribution < -0.4 is 0 Å². The summed E-state index contributed by atoms with van der Waals surface area (Å²) < 4.78 is 0. The molecule has 2 heteroatoms. The highest BCUT2D eigenvalue weighted by atomic mass is 15.4. The van der Waals surface area contributed by atoms with Crippen molar-refractivity contribution >= 4 is 0 Å². The van der Waals surface area contributed by atoms with Crippen LogP contribution in [0, 0.1) is 18.3 Å². The van der Waals surface area contributed by atoms with Crippen LogP contribution in [0.5, 0.6) is 0 Å². The Hall–Kier alpha value is -0.0800. The minimum absolute atomic E-state index is 0.742. The number of hydrogen-bond donors (Lipinski definition) is 0. The largest absolute Gasteiger partial charge is 0.287 e. The van der Waals surface area contributed by atoms with Gasteiger partial charge < -0.3 is 0 Å². The van der Waals surface area contributed by atoms with Gasteiger partial charge in [-0.2, -0.15) is 0 Å². The van der Waals surface area contributed by atoms with Crippen LogP contribution in [-0.2, 0) is 0 Å². The van der Waals surface area contributed by atoms with Crippen LogP contribution in [0.4, 0.5) is 0 Å². The fourth-order valence-electron chi connectivity index (χ4n) is 3.49. The fraction of sp³-hybridized carbons (Fsp3) is 0.909. The summed E-state index contributed by atoms with van der Waals surface area (Å²) in [5, 5.41) is 0. The average molecular weight is 177 g/mol. The van der Waals surface area contributed by atoms with Gasteiger partial charge in [-0.1, -0.05) is 0 Å². The van der Waals surface area contributed by atoms with Gasteiger partial charge in [0, 0.05) is 25.7 Å². The third kappa shape index (κ3) is 0.909. The van der Waals surface area contributed by atoms with Crippen LogP contribution in [-0.4, -0.2) is 41.6 Å². The molecule has 4 rings (SSSR count). The molecule has 71 valence electrons. The third-order valence-corrected chi connectivity index (χ3v) is 4.53. The third-order valence-electron chi connectivity index (χ3n) is 4.53. The van der Waals surface area contributed by atoms with E-state index < -0.39 is 0 Å². The van der Waals surface area contributed by atoms with Crippen molar-refractivity contribution in [3.8, 4) is 0 Å². The number of likely N-dealkylation sites (tertiary alicyclic amines) is 1. The van der Waals surface area contributed by atoms with Gasteiger partial charge in [0.1, 0.15) is 0 Å². The monoisotopic (exact) mass is 177 g/mol. The Balaban J connectivity index is 1.49. The molecule has 0 amide bonds. The molecule has 4 unspecified atom stereocenters. The maximum atomic E-state index is 2.72. The predicted octanol–water partition coefficient (Wildman–Crippen LogP) is 0.946. The van der Waals surface area contributed by atoms with Crippen LogP contribution in [0.2, 0.25) is 0 Å². The molecule has 1 aliphatic carbocycles. The summed E-state index contributed by atoms with van der Waals surface area (Å²) in [6.07, 6.45) is 7.64. The molecule has 0 aromatic carbocycles. The van der Waals surface area contributed by atoms with Crippen molar-refractivity contribution in [2.45, 2.75) is 31.5 Å². The molecular formula is C11H17N2. The average Bonchev–Trinajstić information content (AvgIpc) is 2.57. The second-order valence-corrected chi connectivity index (χ2v) is 5.28. The topological polar surface area (TPSA) is 6.48 Å². The number of rotatable bonds is 1. The molecule has 1 radical (unpaired) electrons. The van der Waals surface area contributed by atoms with Gasteiger partial charge in [-0.05, 0) is 37.5 Å². The van der Waals surface area contributed by atoms with Crippen LogP contribution in [0.1, 0.15) is 19.3 Å². The van der Waals surface area contributed by atoms with E-state index in [4.69, 9.17) is 0 Å². The number of hydrogen-bond acceptors (Lipinski definition) is 2. The summed E-state index contributed by atoms with van der Waals surface area (Å²) in [5.74, 6) is 2.18. The summed E-state index contributed by atoms with van der Waals surface area (Å²) in [4.78, 5) is 5.42. The molecule has 4 fully saturated rings. The molecule has 2 nitrogen and oxygen atoms in total. The van der Waals surface area contributed by atoms with Crippen molar-refractivity contribution < 1.29 is 0 Å². The van der Waals surface area contributed by atoms with E-state index in [2.05, 4.69) is 16.2 Å². The van der Waals surface area contributed by atoms with Crippen molar-refractivity contribution in [2.75, 3.05) is 19.6 Å². The molecule has 3 heterocycles. The normalized spacial score (nSPS) is 54.5. The second kappa shape index (κ2) is 2.29. The van der Waals surface area contributed by atoms with E-state index in [0.29, 0.717) is 0 Å². The van der Waals surface area contributed by atoms with Gasteiger partial charge >= 0.3 is 0 Å². The first kappa shape index (κ1) is 7.24. The summed E-state index contributed by atoms with van der Waals surface area (Å²) in [5.41, 5.74) is 0. The zero-order valence-corrected chi connectivity index (χ0v) is 8.02. The first-order chi connectivity index (χ1) is 6.42. The van der Waals surface area contributed by atoms with Crippen molar-refractivity contribution in [1.29, 1.82) is 0 Å². The van der Waals surface area contributed by atoms with Crippen molar-refractivity contribution in [2.24, 2.45) is 11.8 Å². The van der Waals surface area contributed by atoms with Crippen LogP contribution >= 0.6 is 0 Å². The number of fused-ring (bicyclic) bond motifs is 2. The van der Waals surface area contributed by atoms with E-state index in [-0.39, 0.29) is 0 Å². The van der Waals surface area contributed by atoms with Gasteiger partial charge in [0.15, 0.2) is 0 Å².